The number of amides is 1. The van der Waals surface area contributed by atoms with Gasteiger partial charge in [0.2, 0.25) is 5.91 Å². The zero-order valence-electron chi connectivity index (χ0n) is 15.4. The van der Waals surface area contributed by atoms with E-state index in [0.29, 0.717) is 6.54 Å². The molecule has 3 rings (SSSR count). The normalized spacial score (nSPS) is 17.8. The Hall–Kier alpha value is -2.14. The van der Waals surface area contributed by atoms with Gasteiger partial charge >= 0.3 is 0 Å². The van der Waals surface area contributed by atoms with E-state index in [4.69, 9.17) is 0 Å². The fourth-order valence-corrected chi connectivity index (χ4v) is 3.59. The minimum absolute atomic E-state index is 0.0401. The van der Waals surface area contributed by atoms with E-state index in [1.54, 1.807) is 0 Å². The van der Waals surface area contributed by atoms with E-state index in [2.05, 4.69) is 46.4 Å². The minimum atomic E-state index is -0.232. The lowest BCUT2D eigenvalue weighted by atomic mass is 9.92. The second kappa shape index (κ2) is 7.83. The van der Waals surface area contributed by atoms with Crippen LogP contribution in [0, 0.1) is 6.92 Å². The van der Waals surface area contributed by atoms with Gasteiger partial charge in [-0.1, -0.05) is 24.3 Å². The van der Waals surface area contributed by atoms with Crippen molar-refractivity contribution in [3.05, 3.63) is 52.8 Å². The quantitative estimate of drug-likeness (QED) is 0.850. The third kappa shape index (κ3) is 3.93. The number of hydrogen-bond acceptors (Lipinski definition) is 3. The maximum atomic E-state index is 12.5. The molecule has 0 spiro atoms. The van der Waals surface area contributed by atoms with Crippen LogP contribution in [0.1, 0.15) is 55.1 Å². The molecule has 0 saturated carbocycles. The summed E-state index contributed by atoms with van der Waals surface area (Å²) < 4.78 is 2.08. The summed E-state index contributed by atoms with van der Waals surface area (Å²) in [6, 6.07) is 8.12. The number of aromatic nitrogens is 2. The molecule has 0 bridgehead atoms. The van der Waals surface area contributed by atoms with E-state index in [9.17, 15) is 4.79 Å². The summed E-state index contributed by atoms with van der Waals surface area (Å²) in [7, 11) is 0. The number of fused-ring (bicyclic) bond motifs is 1. The molecule has 1 aromatic heterocycles. The molecule has 0 radical (unpaired) electrons. The highest BCUT2D eigenvalue weighted by Crippen LogP contribution is 2.29. The van der Waals surface area contributed by atoms with Crippen LogP contribution in [0.25, 0.3) is 0 Å². The highest BCUT2D eigenvalue weighted by Gasteiger charge is 2.26. The first kappa shape index (κ1) is 17.7. The number of carbonyl (C=O) groups excluding carboxylic acids is 1. The third-order valence-corrected chi connectivity index (χ3v) is 5.12. The Balaban J connectivity index is 1.59. The number of aryl methyl sites for hydroxylation is 2. The van der Waals surface area contributed by atoms with Crippen LogP contribution in [-0.4, -0.2) is 21.7 Å². The molecule has 5 heteroatoms. The molecule has 2 N–H and O–H groups in total. The number of carbonyl (C=O) groups is 1. The van der Waals surface area contributed by atoms with Crippen molar-refractivity contribution in [2.45, 2.75) is 65.2 Å². The molecule has 0 unspecified atom stereocenters. The molecule has 1 aliphatic rings. The van der Waals surface area contributed by atoms with Gasteiger partial charge in [0, 0.05) is 30.4 Å². The average molecular weight is 340 g/mol. The second-order valence-corrected chi connectivity index (χ2v) is 6.84. The first-order chi connectivity index (χ1) is 12.1. The summed E-state index contributed by atoms with van der Waals surface area (Å²) in [5.41, 5.74) is 4.94. The summed E-state index contributed by atoms with van der Waals surface area (Å²) in [4.78, 5) is 12.5. The SMILES string of the molecule is CCn1ncc2c1CCC[C@@H]2N[C@H](C)C(=O)NCc1ccccc1C. The Labute approximate surface area is 149 Å². The molecule has 1 heterocycles. The molecule has 0 saturated heterocycles. The van der Waals surface area contributed by atoms with Gasteiger partial charge in [0.1, 0.15) is 0 Å². The van der Waals surface area contributed by atoms with Gasteiger partial charge in [-0.3, -0.25) is 14.8 Å². The van der Waals surface area contributed by atoms with Crippen molar-refractivity contribution in [1.82, 2.24) is 20.4 Å². The third-order valence-electron chi connectivity index (χ3n) is 5.12. The number of nitrogens with one attached hydrogen (secondary N) is 2. The smallest absolute Gasteiger partial charge is 0.237 e. The van der Waals surface area contributed by atoms with Crippen molar-refractivity contribution in [3.8, 4) is 0 Å². The first-order valence-corrected chi connectivity index (χ1v) is 9.23. The molecular weight excluding hydrogens is 312 g/mol. The van der Waals surface area contributed by atoms with E-state index >= 15 is 0 Å². The fourth-order valence-electron chi connectivity index (χ4n) is 3.59. The Morgan fingerprint density at radius 3 is 2.96 bits per heavy atom. The second-order valence-electron chi connectivity index (χ2n) is 6.84. The monoisotopic (exact) mass is 340 g/mol. The van der Waals surface area contributed by atoms with Crippen molar-refractivity contribution < 1.29 is 4.79 Å². The van der Waals surface area contributed by atoms with Crippen LogP contribution >= 0.6 is 0 Å². The maximum Gasteiger partial charge on any atom is 0.237 e. The van der Waals surface area contributed by atoms with Crippen LogP contribution in [0.15, 0.2) is 30.5 Å². The summed E-state index contributed by atoms with van der Waals surface area (Å²) in [6.45, 7) is 7.59. The first-order valence-electron chi connectivity index (χ1n) is 9.23. The summed E-state index contributed by atoms with van der Waals surface area (Å²) >= 11 is 0. The van der Waals surface area contributed by atoms with E-state index in [-0.39, 0.29) is 18.0 Å². The summed E-state index contributed by atoms with van der Waals surface area (Å²) in [5, 5.41) is 11.0. The molecule has 2 aromatic rings. The molecule has 1 aromatic carbocycles. The zero-order chi connectivity index (χ0) is 17.8. The van der Waals surface area contributed by atoms with E-state index in [0.717, 1.165) is 31.4 Å². The fraction of sp³-hybridized carbons (Fsp3) is 0.500. The van der Waals surface area contributed by atoms with Gasteiger partial charge in [-0.2, -0.15) is 5.10 Å². The van der Waals surface area contributed by atoms with Crippen LogP contribution < -0.4 is 10.6 Å². The highest BCUT2D eigenvalue weighted by molar-refractivity contribution is 5.81. The van der Waals surface area contributed by atoms with Crippen molar-refractivity contribution >= 4 is 5.91 Å². The van der Waals surface area contributed by atoms with Gasteiger partial charge in [-0.05, 0) is 51.2 Å². The summed E-state index contributed by atoms with van der Waals surface area (Å²) in [5.74, 6) is 0.0401. The van der Waals surface area contributed by atoms with Gasteiger partial charge in [-0.15, -0.1) is 0 Å². The van der Waals surface area contributed by atoms with Gasteiger partial charge in [0.05, 0.1) is 12.2 Å². The van der Waals surface area contributed by atoms with Gasteiger partial charge in [-0.25, -0.2) is 0 Å². The largest absolute Gasteiger partial charge is 0.351 e. The van der Waals surface area contributed by atoms with Crippen molar-refractivity contribution in [2.24, 2.45) is 0 Å². The standard InChI is InChI=1S/C20H28N4O/c1-4-24-19-11-7-10-18(17(19)13-22-24)23-15(3)20(25)21-12-16-9-6-5-8-14(16)2/h5-6,8-9,13,15,18,23H,4,7,10-12H2,1-3H3,(H,21,25)/t15-,18+/m1/s1. The van der Waals surface area contributed by atoms with Crippen molar-refractivity contribution in [2.75, 3.05) is 0 Å². The van der Waals surface area contributed by atoms with Gasteiger partial charge < -0.3 is 5.32 Å². The van der Waals surface area contributed by atoms with E-state index < -0.39 is 0 Å². The van der Waals surface area contributed by atoms with Crippen LogP contribution in [0.2, 0.25) is 0 Å². The Morgan fingerprint density at radius 1 is 1.40 bits per heavy atom. The molecule has 1 amide bonds. The molecule has 134 valence electrons. The van der Waals surface area contributed by atoms with E-state index in [1.807, 2.05) is 25.3 Å². The number of benzene rings is 1. The lowest BCUT2D eigenvalue weighted by Crippen LogP contribution is -2.44. The highest BCUT2D eigenvalue weighted by atomic mass is 16.2. The molecule has 0 fully saturated rings. The number of nitrogens with zero attached hydrogens (tertiary/aromatic N) is 2. The van der Waals surface area contributed by atoms with Gasteiger partial charge in [0.15, 0.2) is 0 Å². The lowest BCUT2D eigenvalue weighted by molar-refractivity contribution is -0.123. The lowest BCUT2D eigenvalue weighted by Gasteiger charge is -2.27. The Bertz CT molecular complexity index is 737. The molecule has 2 atom stereocenters. The van der Waals surface area contributed by atoms with Crippen LogP contribution in [0.5, 0.6) is 0 Å². The topological polar surface area (TPSA) is 59.0 Å². The molecular formula is C20H28N4O. The van der Waals surface area contributed by atoms with Gasteiger partial charge in [0.25, 0.3) is 0 Å². The zero-order valence-corrected chi connectivity index (χ0v) is 15.4. The van der Waals surface area contributed by atoms with Crippen LogP contribution in [0.3, 0.4) is 0 Å². The van der Waals surface area contributed by atoms with Crippen molar-refractivity contribution in [1.29, 1.82) is 0 Å². The Morgan fingerprint density at radius 2 is 2.20 bits per heavy atom. The molecule has 25 heavy (non-hydrogen) atoms. The Kier molecular flexibility index (Phi) is 5.53. The average Bonchev–Trinajstić information content (AvgIpc) is 3.05. The molecule has 0 aliphatic heterocycles. The summed E-state index contributed by atoms with van der Waals surface area (Å²) in [6.07, 6.45) is 5.23. The maximum absolute atomic E-state index is 12.5. The molecule has 1 aliphatic carbocycles. The van der Waals surface area contributed by atoms with E-state index in [1.165, 1.54) is 16.8 Å². The predicted molar refractivity (Wildman–Crippen MR) is 99.2 cm³/mol. The van der Waals surface area contributed by atoms with Crippen LogP contribution in [0.4, 0.5) is 0 Å². The number of rotatable bonds is 6. The predicted octanol–water partition coefficient (Wildman–Crippen LogP) is 2.88. The molecule has 5 nitrogen and oxygen atoms in total. The minimum Gasteiger partial charge on any atom is -0.351 e. The van der Waals surface area contributed by atoms with Crippen LogP contribution in [-0.2, 0) is 24.3 Å². The van der Waals surface area contributed by atoms with Crippen molar-refractivity contribution in [3.63, 3.8) is 0 Å². The number of hydrogen-bond donors (Lipinski definition) is 2.